The Morgan fingerprint density at radius 2 is 2.00 bits per heavy atom. The number of carbonyl (C=O) groups is 1. The standard InChI is InChI=1S/C18H22FN5O/c1-24-18(21-16(23-24)12-6-8-20-9-7-12)22-17(25)15-10-14(15)11-2-4-13(19)5-3-11/h2-5,12,14-15,20H,6-10H2,1H3,(H,21,22,23,25). The Kier molecular flexibility index (Phi) is 4.25. The fourth-order valence-corrected chi connectivity index (χ4v) is 3.53. The molecule has 25 heavy (non-hydrogen) atoms. The zero-order chi connectivity index (χ0) is 17.4. The van der Waals surface area contributed by atoms with Crippen LogP contribution in [0.2, 0.25) is 0 Å². The van der Waals surface area contributed by atoms with E-state index < -0.39 is 0 Å². The van der Waals surface area contributed by atoms with E-state index in [0.29, 0.717) is 11.9 Å². The summed E-state index contributed by atoms with van der Waals surface area (Å²) in [4.78, 5) is 17.0. The summed E-state index contributed by atoms with van der Waals surface area (Å²) in [6, 6.07) is 6.39. The summed E-state index contributed by atoms with van der Waals surface area (Å²) in [6.45, 7) is 1.96. The van der Waals surface area contributed by atoms with Gasteiger partial charge in [0.25, 0.3) is 0 Å². The van der Waals surface area contributed by atoms with Crippen molar-refractivity contribution in [1.82, 2.24) is 20.1 Å². The van der Waals surface area contributed by atoms with Gasteiger partial charge >= 0.3 is 0 Å². The molecule has 1 saturated carbocycles. The van der Waals surface area contributed by atoms with E-state index >= 15 is 0 Å². The first kappa shape index (κ1) is 16.2. The number of carbonyl (C=O) groups excluding carboxylic acids is 1. The number of piperidine rings is 1. The van der Waals surface area contributed by atoms with Gasteiger partial charge in [0.1, 0.15) is 5.82 Å². The number of hydrogen-bond acceptors (Lipinski definition) is 4. The molecular weight excluding hydrogens is 321 g/mol. The maximum atomic E-state index is 13.0. The molecular formula is C18H22FN5O. The van der Waals surface area contributed by atoms with E-state index in [0.717, 1.165) is 43.7 Å². The van der Waals surface area contributed by atoms with Gasteiger partial charge < -0.3 is 5.32 Å². The van der Waals surface area contributed by atoms with E-state index in [-0.39, 0.29) is 23.6 Å². The second-order valence-electron chi connectivity index (χ2n) is 6.93. The Morgan fingerprint density at radius 1 is 1.28 bits per heavy atom. The summed E-state index contributed by atoms with van der Waals surface area (Å²) < 4.78 is 14.7. The maximum Gasteiger partial charge on any atom is 0.230 e. The molecule has 2 N–H and O–H groups in total. The third-order valence-corrected chi connectivity index (χ3v) is 5.14. The minimum absolute atomic E-state index is 0.0401. The van der Waals surface area contributed by atoms with E-state index in [9.17, 15) is 9.18 Å². The van der Waals surface area contributed by atoms with E-state index in [2.05, 4.69) is 20.7 Å². The van der Waals surface area contributed by atoms with Crippen molar-refractivity contribution in [2.24, 2.45) is 13.0 Å². The Labute approximate surface area is 145 Å². The third-order valence-electron chi connectivity index (χ3n) is 5.14. The molecule has 0 bridgehead atoms. The average molecular weight is 343 g/mol. The van der Waals surface area contributed by atoms with Crippen molar-refractivity contribution in [3.05, 3.63) is 41.5 Å². The Hall–Kier alpha value is -2.28. The van der Waals surface area contributed by atoms with Crippen LogP contribution in [0.15, 0.2) is 24.3 Å². The van der Waals surface area contributed by atoms with Crippen molar-refractivity contribution in [2.45, 2.75) is 31.1 Å². The number of rotatable bonds is 4. The van der Waals surface area contributed by atoms with Gasteiger partial charge in [-0.25, -0.2) is 9.07 Å². The lowest BCUT2D eigenvalue weighted by Crippen LogP contribution is -2.27. The van der Waals surface area contributed by atoms with Crippen molar-refractivity contribution in [2.75, 3.05) is 18.4 Å². The first-order chi connectivity index (χ1) is 12.1. The first-order valence-corrected chi connectivity index (χ1v) is 8.80. The molecule has 2 aliphatic rings. The van der Waals surface area contributed by atoms with Crippen LogP contribution in [0, 0.1) is 11.7 Å². The molecule has 1 saturated heterocycles. The Bertz CT molecular complexity index is 766. The van der Waals surface area contributed by atoms with Crippen molar-refractivity contribution in [3.63, 3.8) is 0 Å². The lowest BCUT2D eigenvalue weighted by atomic mass is 9.98. The van der Waals surface area contributed by atoms with Crippen LogP contribution in [0.25, 0.3) is 0 Å². The van der Waals surface area contributed by atoms with Gasteiger partial charge in [-0.2, -0.15) is 10.1 Å². The lowest BCUT2D eigenvalue weighted by molar-refractivity contribution is -0.117. The quantitative estimate of drug-likeness (QED) is 0.892. The van der Waals surface area contributed by atoms with Crippen molar-refractivity contribution in [3.8, 4) is 0 Å². The number of benzene rings is 1. The van der Waals surface area contributed by atoms with E-state index in [1.165, 1.54) is 12.1 Å². The van der Waals surface area contributed by atoms with Gasteiger partial charge in [0.2, 0.25) is 11.9 Å². The number of anilines is 1. The first-order valence-electron chi connectivity index (χ1n) is 8.80. The van der Waals surface area contributed by atoms with Crippen LogP contribution in [0.3, 0.4) is 0 Å². The van der Waals surface area contributed by atoms with Crippen LogP contribution in [-0.4, -0.2) is 33.8 Å². The maximum absolute atomic E-state index is 13.0. The molecule has 2 unspecified atom stereocenters. The topological polar surface area (TPSA) is 71.8 Å². The molecule has 7 heteroatoms. The van der Waals surface area contributed by atoms with Gasteiger partial charge in [0, 0.05) is 18.9 Å². The Morgan fingerprint density at radius 3 is 2.72 bits per heavy atom. The molecule has 1 aromatic carbocycles. The van der Waals surface area contributed by atoms with Crippen LogP contribution < -0.4 is 10.6 Å². The zero-order valence-corrected chi connectivity index (χ0v) is 14.2. The normalized spacial score (nSPS) is 23.4. The second kappa shape index (κ2) is 6.55. The molecule has 1 aliphatic heterocycles. The fraction of sp³-hybridized carbons (Fsp3) is 0.500. The van der Waals surface area contributed by atoms with E-state index in [1.54, 1.807) is 23.9 Å². The van der Waals surface area contributed by atoms with Gasteiger partial charge in [-0.1, -0.05) is 12.1 Å². The number of halogens is 1. The number of nitrogens with one attached hydrogen (secondary N) is 2. The molecule has 4 rings (SSSR count). The van der Waals surface area contributed by atoms with Crippen molar-refractivity contribution in [1.29, 1.82) is 0 Å². The number of aryl methyl sites for hydroxylation is 1. The van der Waals surface area contributed by atoms with Crippen molar-refractivity contribution >= 4 is 11.9 Å². The zero-order valence-electron chi connectivity index (χ0n) is 14.2. The summed E-state index contributed by atoms with van der Waals surface area (Å²) in [5.74, 6) is 1.46. The van der Waals surface area contributed by atoms with Crippen LogP contribution in [0.4, 0.5) is 10.3 Å². The predicted octanol–water partition coefficient (Wildman–Crippen LogP) is 2.16. The molecule has 2 fully saturated rings. The predicted molar refractivity (Wildman–Crippen MR) is 91.7 cm³/mol. The lowest BCUT2D eigenvalue weighted by Gasteiger charge is -2.19. The minimum Gasteiger partial charge on any atom is -0.317 e. The van der Waals surface area contributed by atoms with Crippen LogP contribution in [0.1, 0.15) is 42.5 Å². The Balaban J connectivity index is 1.40. The average Bonchev–Trinajstić information content (AvgIpc) is 3.35. The monoisotopic (exact) mass is 343 g/mol. The molecule has 1 aliphatic carbocycles. The molecule has 0 radical (unpaired) electrons. The molecule has 0 spiro atoms. The van der Waals surface area contributed by atoms with Crippen LogP contribution in [0.5, 0.6) is 0 Å². The summed E-state index contributed by atoms with van der Waals surface area (Å²) in [5, 5.41) is 10.7. The highest BCUT2D eigenvalue weighted by Crippen LogP contribution is 2.47. The van der Waals surface area contributed by atoms with Gasteiger partial charge in [0.15, 0.2) is 5.82 Å². The molecule has 2 aromatic rings. The van der Waals surface area contributed by atoms with E-state index in [4.69, 9.17) is 0 Å². The number of nitrogens with zero attached hydrogens (tertiary/aromatic N) is 3. The van der Waals surface area contributed by atoms with Crippen LogP contribution >= 0.6 is 0 Å². The summed E-state index contributed by atoms with van der Waals surface area (Å²) in [5.41, 5.74) is 1.01. The molecule has 2 heterocycles. The highest BCUT2D eigenvalue weighted by molar-refractivity contribution is 5.93. The molecule has 132 valence electrons. The number of aromatic nitrogens is 3. The highest BCUT2D eigenvalue weighted by atomic mass is 19.1. The third kappa shape index (κ3) is 3.42. The fourth-order valence-electron chi connectivity index (χ4n) is 3.53. The van der Waals surface area contributed by atoms with E-state index in [1.807, 2.05) is 0 Å². The highest BCUT2D eigenvalue weighted by Gasteiger charge is 2.44. The van der Waals surface area contributed by atoms with Gasteiger partial charge in [-0.05, 0) is 56.0 Å². The molecule has 2 atom stereocenters. The SMILES string of the molecule is Cn1nc(C2CCNCC2)nc1NC(=O)C1CC1c1ccc(F)cc1. The smallest absolute Gasteiger partial charge is 0.230 e. The minimum atomic E-state index is -0.255. The summed E-state index contributed by atoms with van der Waals surface area (Å²) in [7, 11) is 1.80. The van der Waals surface area contributed by atoms with Gasteiger partial charge in [-0.3, -0.25) is 10.1 Å². The summed E-state index contributed by atoms with van der Waals surface area (Å²) in [6.07, 6.45) is 2.83. The van der Waals surface area contributed by atoms with Gasteiger partial charge in [-0.15, -0.1) is 0 Å². The van der Waals surface area contributed by atoms with Gasteiger partial charge in [0.05, 0.1) is 0 Å². The molecule has 1 aromatic heterocycles. The molecule has 6 nitrogen and oxygen atoms in total. The van der Waals surface area contributed by atoms with Crippen molar-refractivity contribution < 1.29 is 9.18 Å². The van der Waals surface area contributed by atoms with Crippen LogP contribution in [-0.2, 0) is 11.8 Å². The molecule has 1 amide bonds. The largest absolute Gasteiger partial charge is 0.317 e. The number of hydrogen-bond donors (Lipinski definition) is 2. The second-order valence-corrected chi connectivity index (χ2v) is 6.93. The number of amides is 1. The summed E-state index contributed by atoms with van der Waals surface area (Å²) >= 11 is 0.